The van der Waals surface area contributed by atoms with Crippen molar-refractivity contribution in [2.24, 2.45) is 5.92 Å². The van der Waals surface area contributed by atoms with Crippen molar-refractivity contribution >= 4 is 15.9 Å². The van der Waals surface area contributed by atoms with Crippen LogP contribution >= 0.6 is 15.9 Å². The first-order valence-corrected chi connectivity index (χ1v) is 6.28. The normalized spacial score (nSPS) is 15.0. The summed E-state index contributed by atoms with van der Waals surface area (Å²) in [7, 11) is 0. The SMILES string of the molecule is CCC(C)CC(O)c1cc(C)ccc1Br. The molecule has 1 nitrogen and oxygen atoms in total. The highest BCUT2D eigenvalue weighted by atomic mass is 79.9. The van der Waals surface area contributed by atoms with Gasteiger partial charge < -0.3 is 5.11 Å². The highest BCUT2D eigenvalue weighted by Gasteiger charge is 2.14. The van der Waals surface area contributed by atoms with Crippen molar-refractivity contribution in [1.29, 1.82) is 0 Å². The van der Waals surface area contributed by atoms with E-state index in [1.807, 2.05) is 19.1 Å². The van der Waals surface area contributed by atoms with Crippen molar-refractivity contribution in [3.63, 3.8) is 0 Å². The molecule has 1 N–H and O–H groups in total. The van der Waals surface area contributed by atoms with E-state index in [1.54, 1.807) is 0 Å². The van der Waals surface area contributed by atoms with Crippen LogP contribution in [0.2, 0.25) is 0 Å². The van der Waals surface area contributed by atoms with E-state index < -0.39 is 0 Å². The van der Waals surface area contributed by atoms with Crippen LogP contribution < -0.4 is 0 Å². The van der Waals surface area contributed by atoms with E-state index in [2.05, 4.69) is 35.8 Å². The van der Waals surface area contributed by atoms with E-state index in [0.717, 1.165) is 22.9 Å². The second-order valence-corrected chi connectivity index (χ2v) is 5.14. The Kier molecular flexibility index (Phi) is 4.81. The molecule has 0 heterocycles. The molecular weight excluding hydrogens is 252 g/mol. The number of halogens is 1. The van der Waals surface area contributed by atoms with Crippen LogP contribution in [0.1, 0.15) is 43.9 Å². The summed E-state index contributed by atoms with van der Waals surface area (Å²) in [5.74, 6) is 0.562. The van der Waals surface area contributed by atoms with Gasteiger partial charge in [-0.2, -0.15) is 0 Å². The maximum absolute atomic E-state index is 10.1. The van der Waals surface area contributed by atoms with Gasteiger partial charge in [-0.3, -0.25) is 0 Å². The third kappa shape index (κ3) is 3.62. The van der Waals surface area contributed by atoms with Gasteiger partial charge in [0.05, 0.1) is 6.10 Å². The molecule has 2 unspecified atom stereocenters. The van der Waals surface area contributed by atoms with Gasteiger partial charge in [0.25, 0.3) is 0 Å². The maximum atomic E-state index is 10.1. The van der Waals surface area contributed by atoms with Crippen LogP contribution in [-0.4, -0.2) is 5.11 Å². The maximum Gasteiger partial charge on any atom is 0.0803 e. The molecule has 0 fully saturated rings. The molecule has 0 saturated heterocycles. The summed E-state index contributed by atoms with van der Waals surface area (Å²) in [5.41, 5.74) is 2.20. The van der Waals surface area contributed by atoms with Crippen LogP contribution in [0.4, 0.5) is 0 Å². The number of aliphatic hydroxyl groups is 1. The number of benzene rings is 1. The minimum Gasteiger partial charge on any atom is -0.388 e. The van der Waals surface area contributed by atoms with E-state index in [4.69, 9.17) is 0 Å². The zero-order chi connectivity index (χ0) is 11.4. The predicted octanol–water partition coefficient (Wildman–Crippen LogP) is 4.23. The molecule has 0 amide bonds. The molecule has 1 rings (SSSR count). The van der Waals surface area contributed by atoms with E-state index >= 15 is 0 Å². The van der Waals surface area contributed by atoms with Crippen LogP contribution in [-0.2, 0) is 0 Å². The number of rotatable bonds is 4. The van der Waals surface area contributed by atoms with Crippen molar-refractivity contribution in [3.05, 3.63) is 33.8 Å². The Morgan fingerprint density at radius 1 is 1.40 bits per heavy atom. The molecule has 0 saturated carbocycles. The zero-order valence-electron chi connectivity index (χ0n) is 9.63. The standard InChI is InChI=1S/C13H19BrO/c1-4-9(2)8-13(15)11-7-10(3)5-6-12(11)14/h5-7,9,13,15H,4,8H2,1-3H3. The van der Waals surface area contributed by atoms with Gasteiger partial charge in [-0.25, -0.2) is 0 Å². The molecule has 1 aromatic carbocycles. The lowest BCUT2D eigenvalue weighted by Gasteiger charge is -2.17. The average molecular weight is 271 g/mol. The van der Waals surface area contributed by atoms with Crippen molar-refractivity contribution in [2.45, 2.75) is 39.7 Å². The van der Waals surface area contributed by atoms with Gasteiger partial charge in [0.1, 0.15) is 0 Å². The first-order chi connectivity index (χ1) is 7.04. The Labute approximate surface area is 101 Å². The molecule has 0 spiro atoms. The van der Waals surface area contributed by atoms with Crippen molar-refractivity contribution in [1.82, 2.24) is 0 Å². The van der Waals surface area contributed by atoms with Crippen LogP contribution in [0.25, 0.3) is 0 Å². The highest BCUT2D eigenvalue weighted by Crippen LogP contribution is 2.29. The minimum atomic E-state index is -0.353. The fraction of sp³-hybridized carbons (Fsp3) is 0.538. The average Bonchev–Trinajstić information content (AvgIpc) is 2.21. The Bertz CT molecular complexity index is 322. The molecule has 2 atom stereocenters. The fourth-order valence-corrected chi connectivity index (χ4v) is 2.10. The van der Waals surface area contributed by atoms with Crippen LogP contribution in [0, 0.1) is 12.8 Å². The zero-order valence-corrected chi connectivity index (χ0v) is 11.2. The lowest BCUT2D eigenvalue weighted by molar-refractivity contribution is 0.145. The van der Waals surface area contributed by atoms with Gasteiger partial charge in [0, 0.05) is 4.47 Å². The number of aliphatic hydroxyl groups excluding tert-OH is 1. The van der Waals surface area contributed by atoms with E-state index in [0.29, 0.717) is 5.92 Å². The third-order valence-corrected chi connectivity index (χ3v) is 3.56. The van der Waals surface area contributed by atoms with Crippen LogP contribution in [0.15, 0.2) is 22.7 Å². The molecule has 0 radical (unpaired) electrons. The van der Waals surface area contributed by atoms with Gasteiger partial charge >= 0.3 is 0 Å². The molecule has 2 heteroatoms. The second-order valence-electron chi connectivity index (χ2n) is 4.29. The molecular formula is C13H19BrO. The number of hydrogen-bond acceptors (Lipinski definition) is 1. The Hall–Kier alpha value is -0.340. The van der Waals surface area contributed by atoms with Crippen molar-refractivity contribution in [3.8, 4) is 0 Å². The summed E-state index contributed by atoms with van der Waals surface area (Å²) >= 11 is 3.48. The molecule has 1 aromatic rings. The minimum absolute atomic E-state index is 0.353. The van der Waals surface area contributed by atoms with E-state index in [9.17, 15) is 5.11 Å². The number of aryl methyl sites for hydroxylation is 1. The monoisotopic (exact) mass is 270 g/mol. The summed E-state index contributed by atoms with van der Waals surface area (Å²) in [6, 6.07) is 6.10. The molecule has 15 heavy (non-hydrogen) atoms. The highest BCUT2D eigenvalue weighted by molar-refractivity contribution is 9.10. The van der Waals surface area contributed by atoms with Gasteiger partial charge in [-0.15, -0.1) is 0 Å². The van der Waals surface area contributed by atoms with Gasteiger partial charge in [-0.05, 0) is 30.9 Å². The second kappa shape index (κ2) is 5.66. The van der Waals surface area contributed by atoms with E-state index in [-0.39, 0.29) is 6.10 Å². The molecule has 0 bridgehead atoms. The lowest BCUT2D eigenvalue weighted by Crippen LogP contribution is -2.04. The van der Waals surface area contributed by atoms with E-state index in [1.165, 1.54) is 5.56 Å². The Morgan fingerprint density at radius 3 is 2.67 bits per heavy atom. The summed E-state index contributed by atoms with van der Waals surface area (Å²) in [5, 5.41) is 10.1. The topological polar surface area (TPSA) is 20.2 Å². The number of hydrogen-bond donors (Lipinski definition) is 1. The molecule has 0 aliphatic rings. The van der Waals surface area contributed by atoms with Crippen LogP contribution in [0.3, 0.4) is 0 Å². The van der Waals surface area contributed by atoms with Crippen molar-refractivity contribution < 1.29 is 5.11 Å². The lowest BCUT2D eigenvalue weighted by atomic mass is 9.96. The smallest absolute Gasteiger partial charge is 0.0803 e. The summed E-state index contributed by atoms with van der Waals surface area (Å²) in [6.45, 7) is 6.38. The first-order valence-electron chi connectivity index (χ1n) is 5.48. The Balaban J connectivity index is 2.80. The summed E-state index contributed by atoms with van der Waals surface area (Å²) in [4.78, 5) is 0. The van der Waals surface area contributed by atoms with Gasteiger partial charge in [-0.1, -0.05) is 53.9 Å². The third-order valence-electron chi connectivity index (χ3n) is 2.83. The summed E-state index contributed by atoms with van der Waals surface area (Å²) in [6.07, 6.45) is 1.59. The fourth-order valence-electron chi connectivity index (χ4n) is 1.59. The Morgan fingerprint density at radius 2 is 2.07 bits per heavy atom. The largest absolute Gasteiger partial charge is 0.388 e. The molecule has 84 valence electrons. The first kappa shape index (κ1) is 12.7. The molecule has 0 aliphatic carbocycles. The van der Waals surface area contributed by atoms with Crippen molar-refractivity contribution in [2.75, 3.05) is 0 Å². The van der Waals surface area contributed by atoms with Gasteiger partial charge in [0.15, 0.2) is 0 Å². The summed E-state index contributed by atoms with van der Waals surface area (Å²) < 4.78 is 1.00. The molecule has 0 aliphatic heterocycles. The van der Waals surface area contributed by atoms with Gasteiger partial charge in [0.2, 0.25) is 0 Å². The quantitative estimate of drug-likeness (QED) is 0.869. The predicted molar refractivity (Wildman–Crippen MR) is 67.9 cm³/mol. The molecule has 0 aromatic heterocycles. The van der Waals surface area contributed by atoms with Crippen LogP contribution in [0.5, 0.6) is 0 Å².